The van der Waals surface area contributed by atoms with E-state index in [4.69, 9.17) is 0 Å². The highest BCUT2D eigenvalue weighted by molar-refractivity contribution is 5.81. The van der Waals surface area contributed by atoms with E-state index >= 15 is 0 Å². The standard InChI is InChI=1S/C14H21F3N2O2/c1-13(14(15,16)17,19-12(21)10-6-3-7-10)8-18-11(20)9-4-2-5-9/h9-10H,2-8H2,1H3,(H,18,20)(H,19,21). The third-order valence-corrected chi connectivity index (χ3v) is 4.59. The van der Waals surface area contributed by atoms with Gasteiger partial charge in [-0.1, -0.05) is 12.8 Å². The summed E-state index contributed by atoms with van der Waals surface area (Å²) in [5.74, 6) is -1.42. The van der Waals surface area contributed by atoms with Crippen LogP contribution < -0.4 is 10.6 Å². The lowest BCUT2D eigenvalue weighted by molar-refractivity contribution is -0.194. The van der Waals surface area contributed by atoms with Crippen LogP contribution in [-0.4, -0.2) is 30.1 Å². The smallest absolute Gasteiger partial charge is 0.353 e. The van der Waals surface area contributed by atoms with Gasteiger partial charge < -0.3 is 10.6 Å². The second kappa shape index (κ2) is 5.85. The zero-order valence-electron chi connectivity index (χ0n) is 12.1. The molecule has 120 valence electrons. The molecule has 1 atom stereocenters. The SMILES string of the molecule is CC(CNC(=O)C1CCC1)(NC(=O)C1CCC1)C(F)(F)F. The molecule has 0 aromatic heterocycles. The van der Waals surface area contributed by atoms with Gasteiger partial charge in [0.05, 0.1) is 0 Å². The number of hydrogen-bond donors (Lipinski definition) is 2. The number of carbonyl (C=O) groups is 2. The monoisotopic (exact) mass is 306 g/mol. The number of rotatable bonds is 5. The predicted octanol–water partition coefficient (Wildman–Crippen LogP) is 2.14. The molecule has 2 rings (SSSR count). The maximum absolute atomic E-state index is 13.2. The number of halogens is 3. The number of nitrogens with one attached hydrogen (secondary N) is 2. The Bertz CT molecular complexity index is 417. The molecule has 0 aliphatic heterocycles. The van der Waals surface area contributed by atoms with Crippen LogP contribution in [0.2, 0.25) is 0 Å². The predicted molar refractivity (Wildman–Crippen MR) is 70.3 cm³/mol. The average molecular weight is 306 g/mol. The van der Waals surface area contributed by atoms with Crippen molar-refractivity contribution in [2.75, 3.05) is 6.54 Å². The van der Waals surface area contributed by atoms with Gasteiger partial charge in [-0.25, -0.2) is 0 Å². The van der Waals surface area contributed by atoms with Gasteiger partial charge in [0.15, 0.2) is 5.54 Å². The van der Waals surface area contributed by atoms with Gasteiger partial charge in [0.25, 0.3) is 0 Å². The molecule has 2 amide bonds. The number of hydrogen-bond acceptors (Lipinski definition) is 2. The summed E-state index contributed by atoms with van der Waals surface area (Å²) < 4.78 is 39.7. The topological polar surface area (TPSA) is 58.2 Å². The highest BCUT2D eigenvalue weighted by Gasteiger charge is 2.53. The first-order valence-electron chi connectivity index (χ1n) is 7.39. The molecular weight excluding hydrogens is 285 g/mol. The quantitative estimate of drug-likeness (QED) is 0.817. The molecule has 0 aromatic rings. The summed E-state index contributed by atoms with van der Waals surface area (Å²) in [4.78, 5) is 23.5. The van der Waals surface area contributed by atoms with Crippen molar-refractivity contribution in [1.29, 1.82) is 0 Å². The second-order valence-electron chi connectivity index (χ2n) is 6.29. The molecule has 1 unspecified atom stereocenters. The van der Waals surface area contributed by atoms with Gasteiger partial charge in [0.1, 0.15) is 0 Å². The Morgan fingerprint density at radius 3 is 1.86 bits per heavy atom. The van der Waals surface area contributed by atoms with E-state index in [0.717, 1.165) is 32.6 Å². The molecule has 4 nitrogen and oxygen atoms in total. The molecule has 0 spiro atoms. The molecule has 2 aliphatic rings. The maximum Gasteiger partial charge on any atom is 0.412 e. The van der Waals surface area contributed by atoms with E-state index in [1.807, 2.05) is 0 Å². The van der Waals surface area contributed by atoms with E-state index < -0.39 is 24.2 Å². The summed E-state index contributed by atoms with van der Waals surface area (Å²) >= 11 is 0. The van der Waals surface area contributed by atoms with Gasteiger partial charge in [-0.2, -0.15) is 13.2 Å². The molecule has 7 heteroatoms. The Kier molecular flexibility index (Phi) is 4.49. The van der Waals surface area contributed by atoms with Crippen molar-refractivity contribution in [3.8, 4) is 0 Å². The zero-order valence-corrected chi connectivity index (χ0v) is 12.1. The van der Waals surface area contributed by atoms with Crippen LogP contribution in [0, 0.1) is 11.8 Å². The van der Waals surface area contributed by atoms with Gasteiger partial charge in [-0.05, 0) is 32.6 Å². The normalized spacial score (nSPS) is 22.7. The lowest BCUT2D eigenvalue weighted by Gasteiger charge is -2.36. The van der Waals surface area contributed by atoms with Crippen LogP contribution in [0.3, 0.4) is 0 Å². The van der Waals surface area contributed by atoms with E-state index in [1.54, 1.807) is 0 Å². The van der Waals surface area contributed by atoms with Crippen LogP contribution in [0.15, 0.2) is 0 Å². The lowest BCUT2D eigenvalue weighted by atomic mass is 9.83. The summed E-state index contributed by atoms with van der Waals surface area (Å²) in [7, 11) is 0. The maximum atomic E-state index is 13.2. The Morgan fingerprint density at radius 2 is 1.48 bits per heavy atom. The van der Waals surface area contributed by atoms with E-state index in [1.165, 1.54) is 0 Å². The first-order chi connectivity index (χ1) is 9.73. The van der Waals surface area contributed by atoms with Crippen LogP contribution in [-0.2, 0) is 9.59 Å². The molecule has 0 bridgehead atoms. The van der Waals surface area contributed by atoms with Crippen molar-refractivity contribution < 1.29 is 22.8 Å². The van der Waals surface area contributed by atoms with Crippen LogP contribution in [0.5, 0.6) is 0 Å². The van der Waals surface area contributed by atoms with E-state index in [0.29, 0.717) is 12.8 Å². The summed E-state index contributed by atoms with van der Waals surface area (Å²) in [6.45, 7) is 0.301. The molecule has 21 heavy (non-hydrogen) atoms. The minimum absolute atomic E-state index is 0.176. The summed E-state index contributed by atoms with van der Waals surface area (Å²) in [5.41, 5.74) is -2.42. The van der Waals surface area contributed by atoms with Crippen LogP contribution in [0.4, 0.5) is 13.2 Å². The third kappa shape index (κ3) is 3.49. The van der Waals surface area contributed by atoms with E-state index in [2.05, 4.69) is 10.6 Å². The first-order valence-corrected chi connectivity index (χ1v) is 7.39. The minimum atomic E-state index is -4.61. The molecule has 2 N–H and O–H groups in total. The van der Waals surface area contributed by atoms with E-state index in [-0.39, 0.29) is 17.7 Å². The fourth-order valence-corrected chi connectivity index (χ4v) is 2.34. The summed E-state index contributed by atoms with van der Waals surface area (Å²) in [6.07, 6.45) is -0.0834. The van der Waals surface area contributed by atoms with Gasteiger partial charge in [0, 0.05) is 18.4 Å². The van der Waals surface area contributed by atoms with Gasteiger partial charge >= 0.3 is 6.18 Å². The van der Waals surface area contributed by atoms with Crippen molar-refractivity contribution in [3.05, 3.63) is 0 Å². The summed E-state index contributed by atoms with van der Waals surface area (Å²) in [5, 5.41) is 4.43. The number of carbonyl (C=O) groups excluding carboxylic acids is 2. The van der Waals surface area contributed by atoms with Crippen molar-refractivity contribution in [1.82, 2.24) is 10.6 Å². The molecule has 0 heterocycles. The Morgan fingerprint density at radius 1 is 1.00 bits per heavy atom. The highest BCUT2D eigenvalue weighted by atomic mass is 19.4. The molecule has 0 aromatic carbocycles. The molecule has 2 aliphatic carbocycles. The number of amides is 2. The van der Waals surface area contributed by atoms with Crippen LogP contribution >= 0.6 is 0 Å². The fourth-order valence-electron chi connectivity index (χ4n) is 2.34. The zero-order chi connectivity index (χ0) is 15.7. The lowest BCUT2D eigenvalue weighted by Crippen LogP contribution is -2.64. The molecule has 0 radical (unpaired) electrons. The van der Waals surface area contributed by atoms with Crippen LogP contribution in [0.1, 0.15) is 45.4 Å². The van der Waals surface area contributed by atoms with E-state index in [9.17, 15) is 22.8 Å². The van der Waals surface area contributed by atoms with Crippen molar-refractivity contribution in [3.63, 3.8) is 0 Å². The Balaban J connectivity index is 1.94. The second-order valence-corrected chi connectivity index (χ2v) is 6.29. The molecular formula is C14H21F3N2O2. The Labute approximate surface area is 121 Å². The van der Waals surface area contributed by atoms with Crippen molar-refractivity contribution >= 4 is 11.8 Å². The van der Waals surface area contributed by atoms with Crippen molar-refractivity contribution in [2.24, 2.45) is 11.8 Å². The largest absolute Gasteiger partial charge is 0.412 e. The van der Waals surface area contributed by atoms with Crippen molar-refractivity contribution in [2.45, 2.75) is 57.2 Å². The summed E-state index contributed by atoms with van der Waals surface area (Å²) in [6, 6.07) is 0. The average Bonchev–Trinajstić information content (AvgIpc) is 2.19. The molecule has 0 saturated heterocycles. The highest BCUT2D eigenvalue weighted by Crippen LogP contribution is 2.33. The van der Waals surface area contributed by atoms with Gasteiger partial charge in [0.2, 0.25) is 11.8 Å². The van der Waals surface area contributed by atoms with Crippen LogP contribution in [0.25, 0.3) is 0 Å². The molecule has 2 fully saturated rings. The van der Waals surface area contributed by atoms with Gasteiger partial charge in [-0.15, -0.1) is 0 Å². The fraction of sp³-hybridized carbons (Fsp3) is 0.857. The number of alkyl halides is 3. The van der Waals surface area contributed by atoms with Gasteiger partial charge in [-0.3, -0.25) is 9.59 Å². The Hall–Kier alpha value is -1.27. The third-order valence-electron chi connectivity index (χ3n) is 4.59. The first kappa shape index (κ1) is 16.1. The minimum Gasteiger partial charge on any atom is -0.353 e. The molecule has 2 saturated carbocycles.